The number of aryl methyl sites for hydroxylation is 3. The Morgan fingerprint density at radius 3 is 2.59 bits per heavy atom. The van der Waals surface area contributed by atoms with Gasteiger partial charge in [-0.05, 0) is 49.6 Å². The number of hydrogen-bond donors (Lipinski definition) is 2. The van der Waals surface area contributed by atoms with E-state index in [1.807, 2.05) is 32.0 Å². The van der Waals surface area contributed by atoms with Gasteiger partial charge in [-0.2, -0.15) is 0 Å². The molecule has 0 aliphatic heterocycles. The highest BCUT2D eigenvalue weighted by Gasteiger charge is 2.14. The number of para-hydroxylation sites is 1. The van der Waals surface area contributed by atoms with E-state index in [1.54, 1.807) is 19.1 Å². The van der Waals surface area contributed by atoms with E-state index < -0.39 is 0 Å². The molecular weight excluding hydrogens is 393 g/mol. The highest BCUT2D eigenvalue weighted by atomic mass is 32.2. The van der Waals surface area contributed by atoms with Crippen LogP contribution < -0.4 is 15.9 Å². The quantitative estimate of drug-likeness (QED) is 0.454. The third kappa shape index (κ3) is 5.05. The van der Waals surface area contributed by atoms with Crippen molar-refractivity contribution < 1.29 is 13.9 Å². The van der Waals surface area contributed by atoms with Gasteiger partial charge in [-0.25, -0.2) is 9.07 Å². The van der Waals surface area contributed by atoms with Crippen LogP contribution in [-0.2, 0) is 11.4 Å². The molecule has 0 bridgehead atoms. The number of carbonyl (C=O) groups excluding carboxylic acids is 1. The molecule has 29 heavy (non-hydrogen) atoms. The highest BCUT2D eigenvalue weighted by molar-refractivity contribution is 7.99. The number of nitrogens with zero attached hydrogens (tertiary/aromatic N) is 3. The van der Waals surface area contributed by atoms with Gasteiger partial charge in [0.2, 0.25) is 11.1 Å². The molecule has 7 nitrogen and oxygen atoms in total. The first-order valence-electron chi connectivity index (χ1n) is 8.92. The lowest BCUT2D eigenvalue weighted by Gasteiger charge is -2.11. The van der Waals surface area contributed by atoms with Crippen LogP contribution in [0.2, 0.25) is 0 Å². The Balaban J connectivity index is 1.56. The van der Waals surface area contributed by atoms with Crippen LogP contribution in [0.1, 0.15) is 22.5 Å². The van der Waals surface area contributed by atoms with Gasteiger partial charge < -0.3 is 15.9 Å². The van der Waals surface area contributed by atoms with Crippen LogP contribution in [0.3, 0.4) is 0 Å². The lowest BCUT2D eigenvalue weighted by atomic mass is 10.1. The molecule has 0 spiro atoms. The molecule has 0 fully saturated rings. The van der Waals surface area contributed by atoms with Gasteiger partial charge in [0, 0.05) is 5.69 Å². The average molecular weight is 415 g/mol. The molecule has 0 aliphatic rings. The fourth-order valence-electron chi connectivity index (χ4n) is 2.67. The van der Waals surface area contributed by atoms with E-state index in [4.69, 9.17) is 10.6 Å². The van der Waals surface area contributed by atoms with Crippen LogP contribution in [0.5, 0.6) is 5.75 Å². The molecule has 0 saturated carbocycles. The summed E-state index contributed by atoms with van der Waals surface area (Å²) in [6.45, 7) is 5.75. The summed E-state index contributed by atoms with van der Waals surface area (Å²) in [6.07, 6.45) is 0. The number of halogens is 1. The van der Waals surface area contributed by atoms with Crippen LogP contribution in [0, 0.1) is 26.6 Å². The summed E-state index contributed by atoms with van der Waals surface area (Å²) in [6, 6.07) is 10.4. The van der Waals surface area contributed by atoms with E-state index in [1.165, 1.54) is 10.7 Å². The second-order valence-electron chi connectivity index (χ2n) is 6.58. The maximum atomic E-state index is 13.6. The predicted octanol–water partition coefficient (Wildman–Crippen LogP) is 3.37. The Labute approximate surface area is 172 Å². The molecule has 0 unspecified atom stereocenters. The number of thioether (sulfide) groups is 1. The number of anilines is 1. The summed E-state index contributed by atoms with van der Waals surface area (Å²) in [5, 5.41) is 11.1. The smallest absolute Gasteiger partial charge is 0.234 e. The van der Waals surface area contributed by atoms with Crippen molar-refractivity contribution in [2.24, 2.45) is 0 Å². The summed E-state index contributed by atoms with van der Waals surface area (Å²) >= 11 is 1.13. The first kappa shape index (κ1) is 20.7. The number of nitrogens with one attached hydrogen (secondary N) is 1. The molecule has 1 aromatic heterocycles. The largest absolute Gasteiger partial charge is 0.485 e. The van der Waals surface area contributed by atoms with Crippen LogP contribution >= 0.6 is 11.8 Å². The first-order valence-corrected chi connectivity index (χ1v) is 9.91. The van der Waals surface area contributed by atoms with Crippen molar-refractivity contribution in [3.63, 3.8) is 0 Å². The molecule has 3 aromatic rings. The van der Waals surface area contributed by atoms with E-state index in [-0.39, 0.29) is 24.1 Å². The lowest BCUT2D eigenvalue weighted by molar-refractivity contribution is -0.113. The molecule has 2 aromatic carbocycles. The molecule has 0 saturated heterocycles. The molecule has 0 aliphatic carbocycles. The number of hydrogen-bond acceptors (Lipinski definition) is 6. The third-order valence-electron chi connectivity index (χ3n) is 4.28. The van der Waals surface area contributed by atoms with Gasteiger partial charge in [0.1, 0.15) is 18.2 Å². The molecule has 3 N–H and O–H groups in total. The van der Waals surface area contributed by atoms with Crippen molar-refractivity contribution in [1.82, 2.24) is 14.9 Å². The van der Waals surface area contributed by atoms with Crippen LogP contribution in [0.4, 0.5) is 10.1 Å². The minimum atomic E-state index is -0.370. The Hall–Kier alpha value is -3.07. The van der Waals surface area contributed by atoms with Crippen LogP contribution in [0.15, 0.2) is 41.6 Å². The SMILES string of the molecule is Cc1ccc(NC(=O)CSc2nnc(COc3c(C)cccc3C)n2N)cc1F. The zero-order valence-electron chi connectivity index (χ0n) is 16.4. The summed E-state index contributed by atoms with van der Waals surface area (Å²) in [4.78, 5) is 12.1. The maximum Gasteiger partial charge on any atom is 0.234 e. The Kier molecular flexibility index (Phi) is 6.38. The minimum absolute atomic E-state index is 0.0581. The van der Waals surface area contributed by atoms with Crippen molar-refractivity contribution >= 4 is 23.4 Å². The molecule has 0 radical (unpaired) electrons. The van der Waals surface area contributed by atoms with Gasteiger partial charge in [-0.3, -0.25) is 4.79 Å². The van der Waals surface area contributed by atoms with Gasteiger partial charge in [0.05, 0.1) is 5.75 Å². The van der Waals surface area contributed by atoms with Crippen molar-refractivity contribution in [3.8, 4) is 5.75 Å². The monoisotopic (exact) mass is 415 g/mol. The van der Waals surface area contributed by atoms with Crippen molar-refractivity contribution in [2.45, 2.75) is 32.5 Å². The minimum Gasteiger partial charge on any atom is -0.485 e. The maximum absolute atomic E-state index is 13.6. The molecule has 152 valence electrons. The number of carbonyl (C=O) groups is 1. The zero-order chi connectivity index (χ0) is 21.0. The van der Waals surface area contributed by atoms with Crippen molar-refractivity contribution in [2.75, 3.05) is 16.9 Å². The topological polar surface area (TPSA) is 95.1 Å². The molecule has 9 heteroatoms. The average Bonchev–Trinajstić information content (AvgIpc) is 3.02. The van der Waals surface area contributed by atoms with Crippen LogP contribution in [-0.4, -0.2) is 26.5 Å². The molecule has 1 heterocycles. The number of nitrogens with two attached hydrogens (primary N) is 1. The van der Waals surface area contributed by atoms with E-state index in [2.05, 4.69) is 15.5 Å². The number of rotatable bonds is 7. The third-order valence-corrected chi connectivity index (χ3v) is 5.22. The second kappa shape index (κ2) is 8.95. The lowest BCUT2D eigenvalue weighted by Crippen LogP contribution is -2.18. The summed E-state index contributed by atoms with van der Waals surface area (Å²) in [5.74, 6) is 6.65. The number of nitrogen functional groups attached to an aromatic ring is 1. The number of benzene rings is 2. The molecule has 3 rings (SSSR count). The van der Waals surface area contributed by atoms with Gasteiger partial charge in [-0.1, -0.05) is 36.0 Å². The first-order chi connectivity index (χ1) is 13.8. The van der Waals surface area contributed by atoms with E-state index >= 15 is 0 Å². The Morgan fingerprint density at radius 1 is 1.17 bits per heavy atom. The molecular formula is C20H22FN5O2S. The second-order valence-corrected chi connectivity index (χ2v) is 7.52. The highest BCUT2D eigenvalue weighted by Crippen LogP contribution is 2.24. The Morgan fingerprint density at radius 2 is 1.90 bits per heavy atom. The Bertz CT molecular complexity index is 1020. The summed E-state index contributed by atoms with van der Waals surface area (Å²) in [7, 11) is 0. The summed E-state index contributed by atoms with van der Waals surface area (Å²) in [5.41, 5.74) is 2.96. The van der Waals surface area contributed by atoms with E-state index in [9.17, 15) is 9.18 Å². The molecule has 0 atom stereocenters. The van der Waals surface area contributed by atoms with Gasteiger partial charge in [0.25, 0.3) is 0 Å². The van der Waals surface area contributed by atoms with Gasteiger partial charge >= 0.3 is 0 Å². The summed E-state index contributed by atoms with van der Waals surface area (Å²) < 4.78 is 20.7. The number of amides is 1. The molecule has 1 amide bonds. The number of ether oxygens (including phenoxy) is 1. The van der Waals surface area contributed by atoms with Crippen LogP contribution in [0.25, 0.3) is 0 Å². The van der Waals surface area contributed by atoms with Gasteiger partial charge in [-0.15, -0.1) is 10.2 Å². The predicted molar refractivity (Wildman–Crippen MR) is 111 cm³/mol. The van der Waals surface area contributed by atoms with E-state index in [0.29, 0.717) is 22.2 Å². The van der Waals surface area contributed by atoms with E-state index in [0.717, 1.165) is 28.6 Å². The zero-order valence-corrected chi connectivity index (χ0v) is 17.2. The fourth-order valence-corrected chi connectivity index (χ4v) is 3.34. The normalized spacial score (nSPS) is 10.8. The fraction of sp³-hybridized carbons (Fsp3) is 0.250. The standard InChI is InChI=1S/C20H22FN5O2S/c1-12-7-8-15(9-16(12)21)23-18(27)11-29-20-25-24-17(26(20)22)10-28-19-13(2)5-4-6-14(19)3/h4-9H,10-11,22H2,1-3H3,(H,23,27). The number of aromatic nitrogens is 3. The van der Waals surface area contributed by atoms with Crippen molar-refractivity contribution in [3.05, 3.63) is 64.7 Å². The van der Waals surface area contributed by atoms with Crippen molar-refractivity contribution in [1.29, 1.82) is 0 Å². The van der Waals surface area contributed by atoms with Gasteiger partial charge in [0.15, 0.2) is 5.82 Å².